The molecule has 0 spiro atoms. The van der Waals surface area contributed by atoms with Gasteiger partial charge in [0.25, 0.3) is 0 Å². The number of esters is 1. The van der Waals surface area contributed by atoms with Gasteiger partial charge in [0.1, 0.15) is 13.4 Å². The molecule has 4 N–H and O–H groups in total. The molecule has 145 heavy (non-hydrogen) atoms. The molecule has 1 aliphatic heterocycles. The van der Waals surface area contributed by atoms with Crippen LogP contribution in [0, 0.1) is 54.1 Å². The zero-order chi connectivity index (χ0) is 112. The van der Waals surface area contributed by atoms with Gasteiger partial charge >= 0.3 is 5.97 Å². The average Bonchev–Trinajstić information content (AvgIpc) is 0.901. The predicted molar refractivity (Wildman–Crippen MR) is 633 cm³/mol. The number of piperazine rings is 1. The van der Waals surface area contributed by atoms with Gasteiger partial charge in [-0.2, -0.15) is 0 Å². The molecular weight excluding hydrogens is 1830 g/mol. The van der Waals surface area contributed by atoms with Crippen LogP contribution in [0.5, 0.6) is 0 Å². The molecule has 0 atom stereocenters. The summed E-state index contributed by atoms with van der Waals surface area (Å²) >= 11 is 0. The maximum absolute atomic E-state index is 11.4. The van der Waals surface area contributed by atoms with E-state index in [1.807, 2.05) is 118 Å². The van der Waals surface area contributed by atoms with Gasteiger partial charge in [-0.05, 0) is 283 Å². The normalized spacial score (nSPS) is 13.5. The van der Waals surface area contributed by atoms with Crippen LogP contribution in [0.4, 0.5) is 0 Å². The highest BCUT2D eigenvalue weighted by atomic mass is 16.7. The number of rotatable bonds is 41. The summed E-state index contributed by atoms with van der Waals surface area (Å²) in [5, 5.41) is 12.5. The largest absolute Gasteiger partial charge is 0.463 e. The lowest BCUT2D eigenvalue weighted by molar-refractivity contribution is -0.163. The van der Waals surface area contributed by atoms with Crippen molar-refractivity contribution in [2.45, 2.75) is 528 Å². The minimum atomic E-state index is -0.427. The number of hydrogen-bond acceptors (Lipinski definition) is 22. The van der Waals surface area contributed by atoms with E-state index in [0.29, 0.717) is 96.5 Å². The zero-order valence-corrected chi connectivity index (χ0v) is 105. The Labute approximate surface area is 909 Å². The molecule has 1 rings (SSSR count). The van der Waals surface area contributed by atoms with Crippen LogP contribution in [0.15, 0.2) is 0 Å². The minimum Gasteiger partial charge on any atom is -0.463 e. The van der Waals surface area contributed by atoms with Crippen LogP contribution in [0.2, 0.25) is 0 Å². The first-order chi connectivity index (χ1) is 61.9. The maximum atomic E-state index is 11.4. The summed E-state index contributed by atoms with van der Waals surface area (Å²) in [6, 6.07) is 0. The summed E-state index contributed by atoms with van der Waals surface area (Å²) in [4.78, 5) is 39.0. The van der Waals surface area contributed by atoms with Crippen molar-refractivity contribution in [3.05, 3.63) is 0 Å². The summed E-state index contributed by atoms with van der Waals surface area (Å²) in [5.41, 5.74) is 1.77. The fraction of sp³-hybridized carbons (Fsp3) is 0.975. The molecule has 24 heteroatoms. The molecule has 0 unspecified atom stereocenters. The van der Waals surface area contributed by atoms with E-state index in [0.717, 1.165) is 125 Å². The van der Waals surface area contributed by atoms with E-state index in [1.54, 1.807) is 0 Å². The Balaban J connectivity index is -0.000000110. The third kappa shape index (κ3) is 193. The van der Waals surface area contributed by atoms with Gasteiger partial charge in [0.05, 0.1) is 165 Å². The molecule has 0 aromatic carbocycles. The Bertz CT molecular complexity index is 2680. The number of amides is 2. The monoisotopic (exact) mass is 2100 g/mol. The number of ether oxygens (including phenoxy) is 15. The molecular formula is C121H270N6O18. The Hall–Kier alpha value is -2.31. The number of nitrogens with one attached hydrogen (secondary N) is 4. The molecule has 0 aromatic rings. The second-order valence-electron chi connectivity index (χ2n) is 58.5. The van der Waals surface area contributed by atoms with Gasteiger partial charge in [-0.15, -0.1) is 0 Å². The van der Waals surface area contributed by atoms with E-state index < -0.39 is 5.41 Å². The number of carbonyl (C=O) groups excluding carboxylic acids is 3. The lowest BCUT2D eigenvalue weighted by Gasteiger charge is -2.35. The summed E-state index contributed by atoms with van der Waals surface area (Å²) in [7, 11) is 0. The second kappa shape index (κ2) is 84.0. The number of nitrogens with zero attached hydrogens (tertiary/aromatic N) is 2. The summed E-state index contributed by atoms with van der Waals surface area (Å²) in [6.07, 6.45) is 3.50. The van der Waals surface area contributed by atoms with E-state index in [-0.39, 0.29) is 149 Å². The van der Waals surface area contributed by atoms with Crippen molar-refractivity contribution < 1.29 is 85.4 Å². The van der Waals surface area contributed by atoms with Crippen molar-refractivity contribution in [2.24, 2.45) is 54.1 Å². The lowest BCUT2D eigenvalue weighted by atomic mass is 9.91. The smallest absolute Gasteiger partial charge is 0.311 e. The van der Waals surface area contributed by atoms with E-state index in [4.69, 9.17) is 71.1 Å². The van der Waals surface area contributed by atoms with Crippen LogP contribution in [0.1, 0.15) is 471 Å². The van der Waals surface area contributed by atoms with E-state index in [2.05, 4.69) is 322 Å². The van der Waals surface area contributed by atoms with Gasteiger partial charge < -0.3 is 92.3 Å². The predicted octanol–water partition coefficient (Wildman–Crippen LogP) is 29.4. The molecule has 24 nitrogen and oxygen atoms in total. The van der Waals surface area contributed by atoms with Gasteiger partial charge in [-0.1, -0.05) is 224 Å². The molecule has 0 saturated carbocycles. The number of hydrogen-bond donors (Lipinski definition) is 4. The topological polar surface area (TPSA) is 244 Å². The molecule has 1 saturated heterocycles. The van der Waals surface area contributed by atoms with Crippen LogP contribution >= 0.6 is 0 Å². The van der Waals surface area contributed by atoms with Crippen LogP contribution in [-0.4, -0.2) is 282 Å². The van der Waals surface area contributed by atoms with Crippen molar-refractivity contribution in [3.63, 3.8) is 0 Å². The molecule has 892 valence electrons. The Morgan fingerprint density at radius 3 is 0.766 bits per heavy atom. The Kier molecular flexibility index (Phi) is 100. The van der Waals surface area contributed by atoms with Gasteiger partial charge in [-0.3, -0.25) is 24.2 Å². The SMILES string of the molecule is C.C.C.C.C.CC(C)(C)CCCOCC(C)(C)C.CC(C)(C)COCCC(=O)NC(C)(C)C.CC(C)(C)COCCN1CCN(CCOC(C)(C)C)CC1.CC(C)(C)COCCNC(C)(C)C.CC(C)(C)COCCOC(=O)C(C)(C)C.CC(C)(C)COCCOC(C)(C)C.CC(C)(C)COCCOCC(C)(C)C.CC(C)(C)NCCOC(C)(C)C.CC(C)(C)OCOC(C)(C)C.CC(C)OCCC(=O)NC(C)(C)C. The summed E-state index contributed by atoms with van der Waals surface area (Å²) in [5.74, 6) is -0.0774. The van der Waals surface area contributed by atoms with E-state index in [9.17, 15) is 14.4 Å². The highest BCUT2D eigenvalue weighted by Gasteiger charge is 2.26. The summed E-state index contributed by atoms with van der Waals surface area (Å²) < 4.78 is 82.1. The molecule has 1 heterocycles. The number of carbonyl (C=O) groups is 3. The van der Waals surface area contributed by atoms with Gasteiger partial charge in [-0.25, -0.2) is 0 Å². The molecule has 0 aromatic heterocycles. The molecule has 2 amide bonds. The third-order valence-corrected chi connectivity index (χ3v) is 16.1. The Morgan fingerprint density at radius 1 is 0.255 bits per heavy atom. The van der Waals surface area contributed by atoms with Gasteiger partial charge in [0.15, 0.2) is 0 Å². The highest BCUT2D eigenvalue weighted by molar-refractivity contribution is 5.77. The zero-order valence-electron chi connectivity index (χ0n) is 105. The van der Waals surface area contributed by atoms with Crippen LogP contribution in [0.3, 0.4) is 0 Å². The van der Waals surface area contributed by atoms with Crippen molar-refractivity contribution >= 4 is 17.8 Å². The molecule has 0 aliphatic carbocycles. The molecule has 1 aliphatic rings. The van der Waals surface area contributed by atoms with Crippen molar-refractivity contribution in [2.75, 3.05) is 198 Å². The lowest BCUT2D eigenvalue weighted by Crippen LogP contribution is -2.48. The van der Waals surface area contributed by atoms with Gasteiger partial charge in [0.2, 0.25) is 11.8 Å². The molecule has 0 radical (unpaired) electrons. The fourth-order valence-electron chi connectivity index (χ4n) is 9.76. The first-order valence-electron chi connectivity index (χ1n) is 53.1. The first-order valence-corrected chi connectivity index (χ1v) is 53.1. The van der Waals surface area contributed by atoms with Crippen molar-refractivity contribution in [1.29, 1.82) is 0 Å². The summed E-state index contributed by atoms with van der Waals surface area (Å²) in [6.45, 7) is 148. The van der Waals surface area contributed by atoms with Crippen LogP contribution < -0.4 is 21.3 Å². The highest BCUT2D eigenvalue weighted by Crippen LogP contribution is 2.24. The van der Waals surface area contributed by atoms with Crippen molar-refractivity contribution in [1.82, 2.24) is 31.1 Å². The third-order valence-electron chi connectivity index (χ3n) is 16.1. The van der Waals surface area contributed by atoms with Crippen molar-refractivity contribution in [3.8, 4) is 0 Å². The van der Waals surface area contributed by atoms with Crippen LogP contribution in [0.25, 0.3) is 0 Å². The van der Waals surface area contributed by atoms with E-state index >= 15 is 0 Å². The molecule has 0 bridgehead atoms. The van der Waals surface area contributed by atoms with Gasteiger partial charge in [0, 0.05) is 94.0 Å². The maximum Gasteiger partial charge on any atom is 0.311 e. The van der Waals surface area contributed by atoms with Crippen LogP contribution in [-0.2, 0) is 85.4 Å². The van der Waals surface area contributed by atoms with E-state index in [1.165, 1.54) is 12.8 Å². The fourth-order valence-corrected chi connectivity index (χ4v) is 9.76. The Morgan fingerprint density at radius 2 is 0.497 bits per heavy atom. The molecule has 1 fully saturated rings. The first kappa shape index (κ1) is 173. The second-order valence-corrected chi connectivity index (χ2v) is 58.5. The standard InChI is InChI=1S/C17H36N2O2.C12H25NO2.C12H24O3.C12H26O2.C12H26O.C11H25NO.C11H24O2.C10H21NO2.C10H23NO.C9H20O2.5CH4/c1-16(2,3)15-20-13-11-18-7-9-19(10-8-18)12-14-21-17(4,5)6;1-11(2,3)9-15-8-7-10(14)13-12(4,5)6;1-11(2,3)9-14-7-8-15-10(13)12(4,5)6;1-11(2,3)9-13-7-8-14-10-12(4,5)6;1-11(2,3)8-7-9-13-10-12(4,5)6;1-10(2,3)9-13-8-7-12-11(4,5)6;1-10(2,3)9-12-7-8-13-11(4,5)6;1-8(2)13-7-6-9(12)11-10(3,4)5;1-9(2,3)11-7-8-12-10(4,5)6;1-8(2,3)10-7-11-9(4,5)6;;;;;/h7-15H2,1-6H3;7-9H2,1-6H3,(H,13,14);7-9H2,1-6H3;7-10H2,1-6H3;7-10H2,1-6H3;12H,7-9H2,1-6H3;7-9H2,1-6H3;8H,6-7H2,1-5H3,(H,11,12);11H,7-8H2,1-6H3;7H2,1-6H3;5*1H4. The minimum absolute atomic E-state index is 0. The quantitative estimate of drug-likeness (QED) is 0.0252. The average molecular weight is 2100 g/mol.